The fourth-order valence-corrected chi connectivity index (χ4v) is 4.24. The summed E-state index contributed by atoms with van der Waals surface area (Å²) in [7, 11) is 0. The highest BCUT2D eigenvalue weighted by Crippen LogP contribution is 2.23. The van der Waals surface area contributed by atoms with E-state index in [4.69, 9.17) is 0 Å². The third kappa shape index (κ3) is 4.78. The predicted molar refractivity (Wildman–Crippen MR) is 119 cm³/mol. The molecule has 1 aromatic heterocycles. The lowest BCUT2D eigenvalue weighted by molar-refractivity contribution is -0.132. The number of nitrogens with zero attached hydrogens (tertiary/aromatic N) is 3. The molecule has 0 bridgehead atoms. The summed E-state index contributed by atoms with van der Waals surface area (Å²) >= 11 is 0. The molecular formula is C25H29N3O2. The van der Waals surface area contributed by atoms with Crippen molar-refractivity contribution in [3.05, 3.63) is 76.3 Å². The van der Waals surface area contributed by atoms with Crippen molar-refractivity contribution in [2.24, 2.45) is 5.92 Å². The third-order valence-corrected chi connectivity index (χ3v) is 6.23. The third-order valence-electron chi connectivity index (χ3n) is 6.23. The first kappa shape index (κ1) is 20.3. The molecule has 1 saturated heterocycles. The molecule has 2 heterocycles. The van der Waals surface area contributed by atoms with E-state index in [1.807, 2.05) is 23.1 Å². The zero-order valence-corrected chi connectivity index (χ0v) is 17.6. The number of fused-ring (bicyclic) bond motifs is 1. The van der Waals surface area contributed by atoms with E-state index in [9.17, 15) is 9.59 Å². The largest absolute Gasteiger partial charge is 0.343 e. The lowest BCUT2D eigenvalue weighted by Crippen LogP contribution is -2.39. The van der Waals surface area contributed by atoms with Gasteiger partial charge in [0.25, 0.3) is 5.56 Å². The van der Waals surface area contributed by atoms with Crippen LogP contribution >= 0.6 is 0 Å². The number of hydrogen-bond donors (Lipinski definition) is 0. The Morgan fingerprint density at radius 3 is 2.57 bits per heavy atom. The number of carbonyl (C=O) groups is 1. The molecule has 1 aliphatic rings. The summed E-state index contributed by atoms with van der Waals surface area (Å²) < 4.78 is 1.55. The molecule has 30 heavy (non-hydrogen) atoms. The molecule has 1 amide bonds. The van der Waals surface area contributed by atoms with Crippen LogP contribution in [0.5, 0.6) is 0 Å². The molecular weight excluding hydrogens is 374 g/mol. The second-order valence-corrected chi connectivity index (χ2v) is 8.36. The summed E-state index contributed by atoms with van der Waals surface area (Å²) in [6.45, 7) is 4.14. The lowest BCUT2D eigenvalue weighted by Gasteiger charge is -2.32. The van der Waals surface area contributed by atoms with E-state index in [0.29, 0.717) is 29.8 Å². The minimum atomic E-state index is -0.0804. The Balaban J connectivity index is 1.25. The van der Waals surface area contributed by atoms with Gasteiger partial charge in [-0.25, -0.2) is 4.98 Å². The second kappa shape index (κ2) is 9.24. The van der Waals surface area contributed by atoms with Gasteiger partial charge in [0, 0.05) is 26.1 Å². The molecule has 0 aliphatic carbocycles. The van der Waals surface area contributed by atoms with E-state index < -0.39 is 0 Å². The van der Waals surface area contributed by atoms with Crippen LogP contribution in [-0.2, 0) is 17.8 Å². The molecule has 0 unspecified atom stereocenters. The molecule has 3 aromatic rings. The Kier molecular flexibility index (Phi) is 6.26. The molecule has 156 valence electrons. The van der Waals surface area contributed by atoms with Crippen LogP contribution in [-0.4, -0.2) is 33.4 Å². The van der Waals surface area contributed by atoms with E-state index >= 15 is 0 Å². The van der Waals surface area contributed by atoms with Gasteiger partial charge in [-0.2, -0.15) is 0 Å². The van der Waals surface area contributed by atoms with Gasteiger partial charge in [0.2, 0.25) is 5.91 Å². The Bertz CT molecular complexity index is 1060. The van der Waals surface area contributed by atoms with Gasteiger partial charge in [0.05, 0.1) is 17.2 Å². The van der Waals surface area contributed by atoms with E-state index in [1.165, 1.54) is 17.5 Å². The summed E-state index contributed by atoms with van der Waals surface area (Å²) in [6, 6.07) is 16.1. The van der Waals surface area contributed by atoms with Gasteiger partial charge in [-0.15, -0.1) is 0 Å². The highest BCUT2D eigenvalue weighted by molar-refractivity contribution is 5.77. The van der Waals surface area contributed by atoms with Crippen LogP contribution in [0.25, 0.3) is 10.9 Å². The number of carbonyl (C=O) groups excluding carboxylic acids is 1. The van der Waals surface area contributed by atoms with Gasteiger partial charge in [0.1, 0.15) is 0 Å². The minimum Gasteiger partial charge on any atom is -0.343 e. The number of piperidine rings is 1. The lowest BCUT2D eigenvalue weighted by atomic mass is 9.90. The monoisotopic (exact) mass is 403 g/mol. The van der Waals surface area contributed by atoms with Crippen molar-refractivity contribution in [1.29, 1.82) is 0 Å². The van der Waals surface area contributed by atoms with Gasteiger partial charge in [0.15, 0.2) is 0 Å². The first-order valence-corrected chi connectivity index (χ1v) is 10.9. The molecule has 2 aromatic carbocycles. The van der Waals surface area contributed by atoms with Crippen molar-refractivity contribution in [2.45, 2.75) is 45.6 Å². The maximum absolute atomic E-state index is 12.7. The summed E-state index contributed by atoms with van der Waals surface area (Å²) in [5.41, 5.74) is 3.31. The van der Waals surface area contributed by atoms with E-state index in [1.54, 1.807) is 17.0 Å². The summed E-state index contributed by atoms with van der Waals surface area (Å²) in [5, 5.41) is 0.599. The van der Waals surface area contributed by atoms with Crippen molar-refractivity contribution < 1.29 is 4.79 Å². The summed E-state index contributed by atoms with van der Waals surface area (Å²) in [5.74, 6) is 0.815. The van der Waals surface area contributed by atoms with Crippen molar-refractivity contribution in [1.82, 2.24) is 14.5 Å². The Hall–Kier alpha value is -2.95. The average Bonchev–Trinajstić information content (AvgIpc) is 2.78. The van der Waals surface area contributed by atoms with Crippen molar-refractivity contribution in [2.75, 3.05) is 13.1 Å². The van der Waals surface area contributed by atoms with Gasteiger partial charge < -0.3 is 4.90 Å². The SMILES string of the molecule is Cc1ccc(CCC2CCN(C(=O)CCn3cnc4ccccc4c3=O)CC2)cc1. The zero-order valence-electron chi connectivity index (χ0n) is 17.6. The molecule has 5 nitrogen and oxygen atoms in total. The molecule has 4 rings (SSSR count). The number of amides is 1. The van der Waals surface area contributed by atoms with Crippen molar-refractivity contribution in [3.63, 3.8) is 0 Å². The van der Waals surface area contributed by atoms with Crippen LogP contribution in [0.3, 0.4) is 0 Å². The molecule has 5 heteroatoms. The normalized spacial score (nSPS) is 14.9. The average molecular weight is 404 g/mol. The summed E-state index contributed by atoms with van der Waals surface area (Å²) in [6.07, 6.45) is 6.31. The van der Waals surface area contributed by atoms with Crippen LogP contribution in [0, 0.1) is 12.8 Å². The zero-order chi connectivity index (χ0) is 20.9. The number of benzene rings is 2. The van der Waals surface area contributed by atoms with E-state index in [0.717, 1.165) is 32.4 Å². The van der Waals surface area contributed by atoms with Crippen LogP contribution < -0.4 is 5.56 Å². The highest BCUT2D eigenvalue weighted by Gasteiger charge is 2.22. The smallest absolute Gasteiger partial charge is 0.261 e. The molecule has 0 radical (unpaired) electrons. The standard InChI is InChI=1S/C25H29N3O2/c1-19-6-8-20(9-7-19)10-11-21-12-15-27(16-13-21)24(29)14-17-28-18-26-23-5-3-2-4-22(23)25(28)30/h2-9,18,21H,10-17H2,1H3. The van der Waals surface area contributed by atoms with E-state index in [2.05, 4.69) is 36.2 Å². The Morgan fingerprint density at radius 1 is 1.07 bits per heavy atom. The quantitative estimate of drug-likeness (QED) is 0.626. The van der Waals surface area contributed by atoms with Gasteiger partial charge in [-0.05, 0) is 56.2 Å². The number of rotatable bonds is 6. The molecule has 0 saturated carbocycles. The van der Waals surface area contributed by atoms with Crippen molar-refractivity contribution in [3.8, 4) is 0 Å². The number of likely N-dealkylation sites (tertiary alicyclic amines) is 1. The van der Waals surface area contributed by atoms with Crippen LogP contribution in [0.2, 0.25) is 0 Å². The van der Waals surface area contributed by atoms with Gasteiger partial charge >= 0.3 is 0 Å². The molecule has 0 atom stereocenters. The summed E-state index contributed by atoms with van der Waals surface area (Å²) in [4.78, 5) is 31.5. The number of para-hydroxylation sites is 1. The minimum absolute atomic E-state index is 0.0804. The maximum atomic E-state index is 12.7. The fourth-order valence-electron chi connectivity index (χ4n) is 4.24. The predicted octanol–water partition coefficient (Wildman–Crippen LogP) is 3.97. The van der Waals surface area contributed by atoms with E-state index in [-0.39, 0.29) is 11.5 Å². The molecule has 0 N–H and O–H groups in total. The Morgan fingerprint density at radius 2 is 1.80 bits per heavy atom. The topological polar surface area (TPSA) is 55.2 Å². The van der Waals surface area contributed by atoms with Crippen LogP contribution in [0.15, 0.2) is 59.7 Å². The number of aromatic nitrogens is 2. The highest BCUT2D eigenvalue weighted by atomic mass is 16.2. The molecule has 1 fully saturated rings. The fraction of sp³-hybridized carbons (Fsp3) is 0.400. The van der Waals surface area contributed by atoms with Crippen LogP contribution in [0.4, 0.5) is 0 Å². The second-order valence-electron chi connectivity index (χ2n) is 8.36. The maximum Gasteiger partial charge on any atom is 0.261 e. The van der Waals surface area contributed by atoms with Gasteiger partial charge in [-0.3, -0.25) is 14.2 Å². The first-order valence-electron chi connectivity index (χ1n) is 10.9. The number of hydrogen-bond acceptors (Lipinski definition) is 3. The Labute approximate surface area is 177 Å². The molecule has 1 aliphatic heterocycles. The van der Waals surface area contributed by atoms with Crippen LogP contribution in [0.1, 0.15) is 36.8 Å². The van der Waals surface area contributed by atoms with Gasteiger partial charge in [-0.1, -0.05) is 42.0 Å². The first-order chi connectivity index (χ1) is 14.6. The molecule has 0 spiro atoms. The number of aryl methyl sites for hydroxylation is 3. The van der Waals surface area contributed by atoms with Crippen molar-refractivity contribution >= 4 is 16.8 Å².